The van der Waals surface area contributed by atoms with Crippen LogP contribution in [-0.4, -0.2) is 18.6 Å². The molecular weight excluding hydrogens is 316 g/mol. The van der Waals surface area contributed by atoms with Crippen LogP contribution in [0.1, 0.15) is 0 Å². The highest BCUT2D eigenvalue weighted by atomic mass is 35.5. The van der Waals surface area contributed by atoms with Crippen molar-refractivity contribution in [2.75, 3.05) is 4.72 Å². The minimum absolute atomic E-state index is 0.00940. The van der Waals surface area contributed by atoms with Gasteiger partial charge in [-0.15, -0.1) is 10.2 Å². The van der Waals surface area contributed by atoms with Crippen molar-refractivity contribution in [1.82, 2.24) is 10.2 Å². The molecule has 0 saturated carbocycles. The zero-order chi connectivity index (χ0) is 14.0. The van der Waals surface area contributed by atoms with Gasteiger partial charge in [0.25, 0.3) is 10.0 Å². The van der Waals surface area contributed by atoms with Gasteiger partial charge in [0.15, 0.2) is 11.0 Å². The van der Waals surface area contributed by atoms with Gasteiger partial charge in [0.05, 0.1) is 9.92 Å². The van der Waals surface area contributed by atoms with E-state index in [-0.39, 0.29) is 20.9 Å². The summed E-state index contributed by atoms with van der Waals surface area (Å²) in [5.74, 6) is -0.711. The molecule has 0 amide bonds. The Bertz CT molecular complexity index is 707. The molecule has 1 aromatic carbocycles. The van der Waals surface area contributed by atoms with E-state index >= 15 is 0 Å². The maximum absolute atomic E-state index is 13.0. The molecule has 0 aliphatic carbocycles. The van der Waals surface area contributed by atoms with Crippen LogP contribution in [0, 0.1) is 5.82 Å². The lowest BCUT2D eigenvalue weighted by Gasteiger charge is -2.07. The molecule has 0 aliphatic heterocycles. The SMILES string of the molecule is O=S(=O)(Nc1ccc(Cl)nn1)c1ccc(F)c(Cl)c1. The fraction of sp³-hybridized carbons (Fsp3) is 0. The van der Waals surface area contributed by atoms with Crippen LogP contribution < -0.4 is 4.72 Å². The molecule has 0 fully saturated rings. The number of nitrogens with zero attached hydrogens (tertiary/aromatic N) is 2. The van der Waals surface area contributed by atoms with Crippen molar-refractivity contribution in [2.24, 2.45) is 0 Å². The van der Waals surface area contributed by atoms with Crippen LogP contribution >= 0.6 is 23.2 Å². The largest absolute Gasteiger partial charge is 0.263 e. The Balaban J connectivity index is 2.32. The number of halogens is 3. The van der Waals surface area contributed by atoms with Gasteiger partial charge in [0.2, 0.25) is 0 Å². The van der Waals surface area contributed by atoms with E-state index in [1.54, 1.807) is 0 Å². The lowest BCUT2D eigenvalue weighted by Crippen LogP contribution is -2.14. The molecule has 0 radical (unpaired) electrons. The van der Waals surface area contributed by atoms with E-state index in [9.17, 15) is 12.8 Å². The zero-order valence-corrected chi connectivity index (χ0v) is 11.5. The molecule has 5 nitrogen and oxygen atoms in total. The summed E-state index contributed by atoms with van der Waals surface area (Å²) < 4.78 is 39.1. The Morgan fingerprint density at radius 1 is 1.11 bits per heavy atom. The molecule has 0 atom stereocenters. The first-order valence-electron chi connectivity index (χ1n) is 4.85. The van der Waals surface area contributed by atoms with E-state index in [0.29, 0.717) is 0 Å². The van der Waals surface area contributed by atoms with Crippen LogP contribution in [0.4, 0.5) is 10.2 Å². The third kappa shape index (κ3) is 3.31. The van der Waals surface area contributed by atoms with Gasteiger partial charge in [0.1, 0.15) is 5.82 Å². The minimum atomic E-state index is -3.91. The van der Waals surface area contributed by atoms with E-state index in [1.165, 1.54) is 12.1 Å². The molecule has 1 heterocycles. The molecule has 0 aliphatic rings. The Kier molecular flexibility index (Phi) is 3.88. The van der Waals surface area contributed by atoms with Gasteiger partial charge in [-0.2, -0.15) is 0 Å². The van der Waals surface area contributed by atoms with Gasteiger partial charge in [-0.25, -0.2) is 12.8 Å². The molecule has 100 valence electrons. The van der Waals surface area contributed by atoms with Gasteiger partial charge < -0.3 is 0 Å². The smallest absolute Gasteiger partial charge is 0.262 e. The standard InChI is InChI=1S/C10H6Cl2FN3O2S/c11-7-5-6(1-2-8(7)13)19(17,18)16-10-4-3-9(12)14-15-10/h1-5H,(H,15,16). The van der Waals surface area contributed by atoms with Crippen molar-refractivity contribution in [3.63, 3.8) is 0 Å². The van der Waals surface area contributed by atoms with E-state index in [4.69, 9.17) is 23.2 Å². The molecule has 2 rings (SSSR count). The van der Waals surface area contributed by atoms with E-state index in [2.05, 4.69) is 14.9 Å². The second-order valence-electron chi connectivity index (χ2n) is 3.42. The summed E-state index contributed by atoms with van der Waals surface area (Å²) in [4.78, 5) is -0.185. The molecule has 1 N–H and O–H groups in total. The molecule has 2 aromatic rings. The zero-order valence-electron chi connectivity index (χ0n) is 9.14. The third-order valence-electron chi connectivity index (χ3n) is 2.07. The van der Waals surface area contributed by atoms with Crippen molar-refractivity contribution in [1.29, 1.82) is 0 Å². The predicted octanol–water partition coefficient (Wildman–Crippen LogP) is 2.72. The van der Waals surface area contributed by atoms with Crippen molar-refractivity contribution >= 4 is 39.0 Å². The van der Waals surface area contributed by atoms with E-state index in [1.807, 2.05) is 0 Å². The quantitative estimate of drug-likeness (QED) is 0.943. The van der Waals surface area contributed by atoms with Crippen LogP contribution in [0.15, 0.2) is 35.2 Å². The lowest BCUT2D eigenvalue weighted by atomic mass is 10.3. The Hall–Kier alpha value is -1.44. The normalized spacial score (nSPS) is 11.3. The number of aromatic nitrogens is 2. The van der Waals surface area contributed by atoms with Crippen molar-refractivity contribution < 1.29 is 12.8 Å². The number of rotatable bonds is 3. The summed E-state index contributed by atoms with van der Waals surface area (Å²) in [5, 5.41) is 6.89. The molecule has 0 unspecified atom stereocenters. The summed E-state index contributed by atoms with van der Waals surface area (Å²) in [6, 6.07) is 5.78. The van der Waals surface area contributed by atoms with Gasteiger partial charge in [0, 0.05) is 0 Å². The molecular formula is C10H6Cl2FN3O2S. The topological polar surface area (TPSA) is 72.0 Å². The Labute approximate surface area is 118 Å². The lowest BCUT2D eigenvalue weighted by molar-refractivity contribution is 0.599. The first-order valence-corrected chi connectivity index (χ1v) is 7.09. The highest BCUT2D eigenvalue weighted by molar-refractivity contribution is 7.92. The van der Waals surface area contributed by atoms with E-state index in [0.717, 1.165) is 18.2 Å². The summed E-state index contributed by atoms with van der Waals surface area (Å²) in [6.07, 6.45) is 0. The second kappa shape index (κ2) is 5.28. The monoisotopic (exact) mass is 321 g/mol. The number of nitrogens with one attached hydrogen (secondary N) is 1. The average Bonchev–Trinajstić information content (AvgIpc) is 2.35. The van der Waals surface area contributed by atoms with E-state index < -0.39 is 15.8 Å². The summed E-state index contributed by atoms with van der Waals surface area (Å²) >= 11 is 11.1. The molecule has 9 heteroatoms. The first kappa shape index (κ1) is 14.0. The molecule has 0 bridgehead atoms. The summed E-state index contributed by atoms with van der Waals surface area (Å²) in [5.41, 5.74) is 0. The fourth-order valence-corrected chi connectivity index (χ4v) is 2.58. The minimum Gasteiger partial charge on any atom is -0.262 e. The summed E-state index contributed by atoms with van der Waals surface area (Å²) in [6.45, 7) is 0. The predicted molar refractivity (Wildman–Crippen MR) is 69.3 cm³/mol. The second-order valence-corrected chi connectivity index (χ2v) is 5.90. The maximum atomic E-state index is 13.0. The van der Waals surface area contributed by atoms with Crippen molar-refractivity contribution in [2.45, 2.75) is 4.90 Å². The fourth-order valence-electron chi connectivity index (χ4n) is 1.21. The number of anilines is 1. The van der Waals surface area contributed by atoms with Crippen molar-refractivity contribution in [3.8, 4) is 0 Å². The van der Waals surface area contributed by atoms with Gasteiger partial charge >= 0.3 is 0 Å². The van der Waals surface area contributed by atoms with Gasteiger partial charge in [-0.3, -0.25) is 4.72 Å². The molecule has 0 spiro atoms. The average molecular weight is 322 g/mol. The molecule has 0 saturated heterocycles. The first-order chi connectivity index (χ1) is 8.88. The van der Waals surface area contributed by atoms with Crippen LogP contribution in [0.2, 0.25) is 10.2 Å². The number of hydrogen-bond acceptors (Lipinski definition) is 4. The van der Waals surface area contributed by atoms with Crippen molar-refractivity contribution in [3.05, 3.63) is 46.3 Å². The van der Waals surface area contributed by atoms with Crippen LogP contribution in [0.25, 0.3) is 0 Å². The number of hydrogen-bond donors (Lipinski definition) is 1. The Morgan fingerprint density at radius 3 is 2.42 bits per heavy atom. The third-order valence-corrected chi connectivity index (χ3v) is 3.92. The van der Waals surface area contributed by atoms with Gasteiger partial charge in [-0.1, -0.05) is 23.2 Å². The Morgan fingerprint density at radius 2 is 1.84 bits per heavy atom. The van der Waals surface area contributed by atoms with Gasteiger partial charge in [-0.05, 0) is 30.3 Å². The highest BCUT2D eigenvalue weighted by Crippen LogP contribution is 2.21. The maximum Gasteiger partial charge on any atom is 0.263 e. The van der Waals surface area contributed by atoms with Crippen LogP contribution in [0.3, 0.4) is 0 Å². The highest BCUT2D eigenvalue weighted by Gasteiger charge is 2.16. The van der Waals surface area contributed by atoms with Crippen LogP contribution in [0.5, 0.6) is 0 Å². The number of benzene rings is 1. The molecule has 19 heavy (non-hydrogen) atoms. The molecule has 1 aromatic heterocycles. The summed E-state index contributed by atoms with van der Waals surface area (Å²) in [7, 11) is -3.91. The van der Waals surface area contributed by atoms with Crippen LogP contribution in [-0.2, 0) is 10.0 Å². The number of sulfonamides is 1.